The molecule has 4 rings (SSSR count). The molecule has 0 unspecified atom stereocenters. The Morgan fingerprint density at radius 1 is 1.14 bits per heavy atom. The second-order valence-electron chi connectivity index (χ2n) is 6.72. The molecule has 2 atom stereocenters. The van der Waals surface area contributed by atoms with Crippen LogP contribution in [-0.2, 0) is 21.1 Å². The molecular formula is C19H16F2N2O3S2. The number of aliphatic imine (C=N–C) groups is 1. The average Bonchev–Trinajstić information content (AvgIpc) is 3.07. The smallest absolute Gasteiger partial charge is 0.252 e. The molecule has 2 aromatic carbocycles. The van der Waals surface area contributed by atoms with Crippen LogP contribution in [-0.4, -0.2) is 42.3 Å². The van der Waals surface area contributed by atoms with Crippen molar-refractivity contribution in [3.8, 4) is 0 Å². The zero-order valence-electron chi connectivity index (χ0n) is 14.6. The Kier molecular flexibility index (Phi) is 4.96. The molecule has 146 valence electrons. The van der Waals surface area contributed by atoms with Gasteiger partial charge in [-0.3, -0.25) is 4.79 Å². The summed E-state index contributed by atoms with van der Waals surface area (Å²) >= 11 is 1.15. The summed E-state index contributed by atoms with van der Waals surface area (Å²) in [7, 11) is -3.27. The summed E-state index contributed by atoms with van der Waals surface area (Å²) in [5.74, 6) is -2.19. The minimum atomic E-state index is -3.27. The molecule has 1 amide bonds. The van der Waals surface area contributed by atoms with Gasteiger partial charge in [0, 0.05) is 11.3 Å². The Hall–Kier alpha value is -2.26. The number of fused-ring (bicyclic) bond motifs is 1. The molecule has 0 saturated carbocycles. The number of hydrogen-bond acceptors (Lipinski definition) is 4. The van der Waals surface area contributed by atoms with Crippen molar-refractivity contribution >= 4 is 38.4 Å². The van der Waals surface area contributed by atoms with Gasteiger partial charge in [0.1, 0.15) is 11.6 Å². The Morgan fingerprint density at radius 3 is 2.61 bits per heavy atom. The third-order valence-corrected chi connectivity index (χ3v) is 7.86. The van der Waals surface area contributed by atoms with Gasteiger partial charge in [-0.1, -0.05) is 42.1 Å². The standard InChI is InChI=1S/C19H16F2N2O3S2/c20-13-6-7-15(14(21)9-13)23-16-10-28(25,26)11-17(16)27-19(23)22-18(24)8-12-4-2-1-3-5-12/h1-7,9,16-17H,8,10-11H2/t16-,17-/m0/s1. The van der Waals surface area contributed by atoms with Crippen LogP contribution >= 0.6 is 11.8 Å². The van der Waals surface area contributed by atoms with Gasteiger partial charge in [-0.2, -0.15) is 4.99 Å². The second-order valence-corrected chi connectivity index (χ2v) is 10.1. The lowest BCUT2D eigenvalue weighted by atomic mass is 10.1. The molecule has 9 heteroatoms. The van der Waals surface area contributed by atoms with Crippen molar-refractivity contribution in [1.82, 2.24) is 0 Å². The quantitative estimate of drug-likeness (QED) is 0.761. The molecule has 2 saturated heterocycles. The number of halogens is 2. The number of carbonyl (C=O) groups is 1. The molecular weight excluding hydrogens is 406 g/mol. The number of nitrogens with zero attached hydrogens (tertiary/aromatic N) is 2. The van der Waals surface area contributed by atoms with Gasteiger partial charge in [0.05, 0.1) is 29.7 Å². The number of rotatable bonds is 3. The first-order valence-electron chi connectivity index (χ1n) is 8.59. The number of anilines is 1. The van der Waals surface area contributed by atoms with E-state index in [1.165, 1.54) is 11.0 Å². The molecule has 5 nitrogen and oxygen atoms in total. The molecule has 2 fully saturated rings. The summed E-state index contributed by atoms with van der Waals surface area (Å²) in [6, 6.07) is 11.6. The van der Waals surface area contributed by atoms with Crippen LogP contribution in [0.1, 0.15) is 5.56 Å². The topological polar surface area (TPSA) is 66.8 Å². The van der Waals surface area contributed by atoms with Crippen molar-refractivity contribution in [2.75, 3.05) is 16.4 Å². The normalized spacial score (nSPS) is 24.5. The second kappa shape index (κ2) is 7.29. The molecule has 0 N–H and O–H groups in total. The molecule has 2 aromatic rings. The van der Waals surface area contributed by atoms with E-state index in [9.17, 15) is 22.0 Å². The third kappa shape index (κ3) is 3.81. The lowest BCUT2D eigenvalue weighted by Crippen LogP contribution is -2.38. The lowest BCUT2D eigenvalue weighted by molar-refractivity contribution is -0.117. The summed E-state index contributed by atoms with van der Waals surface area (Å²) in [5.41, 5.74) is 0.812. The zero-order valence-corrected chi connectivity index (χ0v) is 16.2. The number of amides is 1. The fourth-order valence-corrected chi connectivity index (χ4v) is 7.36. The molecule has 2 heterocycles. The van der Waals surface area contributed by atoms with E-state index in [2.05, 4.69) is 4.99 Å². The summed E-state index contributed by atoms with van der Waals surface area (Å²) in [6.07, 6.45) is 0.0816. The first kappa shape index (κ1) is 19.1. The fourth-order valence-electron chi connectivity index (χ4n) is 3.44. The SMILES string of the molecule is O=C(Cc1ccccc1)N=C1S[C@H]2CS(=O)(=O)C[C@@H]2N1c1ccc(F)cc1F. The van der Waals surface area contributed by atoms with Crippen LogP contribution in [0.15, 0.2) is 53.5 Å². The van der Waals surface area contributed by atoms with Crippen LogP contribution in [0.4, 0.5) is 14.5 Å². The minimum absolute atomic E-state index is 0.0183. The van der Waals surface area contributed by atoms with Crippen molar-refractivity contribution in [3.63, 3.8) is 0 Å². The van der Waals surface area contributed by atoms with E-state index in [4.69, 9.17) is 0 Å². The molecule has 2 aliphatic heterocycles. The molecule has 0 spiro atoms. The Bertz CT molecular complexity index is 1060. The van der Waals surface area contributed by atoms with Gasteiger partial charge in [-0.15, -0.1) is 0 Å². The Labute approximate surface area is 165 Å². The highest BCUT2D eigenvalue weighted by Gasteiger charge is 2.50. The van der Waals surface area contributed by atoms with E-state index < -0.39 is 33.4 Å². The molecule has 0 bridgehead atoms. The number of benzene rings is 2. The van der Waals surface area contributed by atoms with Crippen molar-refractivity contribution < 1.29 is 22.0 Å². The van der Waals surface area contributed by atoms with E-state index in [-0.39, 0.29) is 34.0 Å². The Balaban J connectivity index is 1.68. The maximum Gasteiger partial charge on any atom is 0.252 e. The molecule has 2 aliphatic rings. The van der Waals surface area contributed by atoms with Crippen molar-refractivity contribution in [1.29, 1.82) is 0 Å². The highest BCUT2D eigenvalue weighted by Crippen LogP contribution is 2.41. The first-order valence-corrected chi connectivity index (χ1v) is 11.3. The minimum Gasteiger partial charge on any atom is -0.313 e. The van der Waals surface area contributed by atoms with Crippen LogP contribution in [0.2, 0.25) is 0 Å². The van der Waals surface area contributed by atoms with Crippen LogP contribution in [0, 0.1) is 11.6 Å². The largest absolute Gasteiger partial charge is 0.313 e. The number of carbonyl (C=O) groups excluding carboxylic acids is 1. The molecule has 0 aliphatic carbocycles. The van der Waals surface area contributed by atoms with E-state index in [0.29, 0.717) is 0 Å². The average molecular weight is 422 g/mol. The Morgan fingerprint density at radius 2 is 1.89 bits per heavy atom. The summed E-state index contributed by atoms with van der Waals surface area (Å²) in [5, 5.41) is -0.103. The van der Waals surface area contributed by atoms with Crippen LogP contribution in [0.25, 0.3) is 0 Å². The van der Waals surface area contributed by atoms with Gasteiger partial charge in [0.2, 0.25) is 0 Å². The van der Waals surface area contributed by atoms with E-state index >= 15 is 0 Å². The van der Waals surface area contributed by atoms with E-state index in [0.717, 1.165) is 29.5 Å². The monoisotopic (exact) mass is 422 g/mol. The number of hydrogen-bond donors (Lipinski definition) is 0. The van der Waals surface area contributed by atoms with Crippen LogP contribution in [0.5, 0.6) is 0 Å². The number of thioether (sulfide) groups is 1. The van der Waals surface area contributed by atoms with Gasteiger partial charge in [0.15, 0.2) is 15.0 Å². The van der Waals surface area contributed by atoms with E-state index in [1.807, 2.05) is 18.2 Å². The van der Waals surface area contributed by atoms with Gasteiger partial charge in [-0.25, -0.2) is 17.2 Å². The fraction of sp³-hybridized carbons (Fsp3) is 0.263. The number of amidine groups is 1. The number of sulfone groups is 1. The zero-order chi connectivity index (χ0) is 19.9. The van der Waals surface area contributed by atoms with Crippen LogP contribution in [0.3, 0.4) is 0 Å². The first-order chi connectivity index (χ1) is 13.3. The van der Waals surface area contributed by atoms with Crippen molar-refractivity contribution in [2.24, 2.45) is 4.99 Å². The van der Waals surface area contributed by atoms with Gasteiger partial charge < -0.3 is 4.90 Å². The van der Waals surface area contributed by atoms with Crippen molar-refractivity contribution in [3.05, 3.63) is 65.7 Å². The van der Waals surface area contributed by atoms with Crippen LogP contribution < -0.4 is 4.90 Å². The highest BCUT2D eigenvalue weighted by molar-refractivity contribution is 8.16. The third-order valence-electron chi connectivity index (χ3n) is 4.65. The molecule has 0 radical (unpaired) electrons. The predicted octanol–water partition coefficient (Wildman–Crippen LogP) is 2.81. The molecule has 0 aromatic heterocycles. The maximum atomic E-state index is 14.4. The van der Waals surface area contributed by atoms with Gasteiger partial charge >= 0.3 is 0 Å². The highest BCUT2D eigenvalue weighted by atomic mass is 32.2. The lowest BCUT2D eigenvalue weighted by Gasteiger charge is -2.24. The summed E-state index contributed by atoms with van der Waals surface area (Å²) in [4.78, 5) is 18.0. The summed E-state index contributed by atoms with van der Waals surface area (Å²) in [6.45, 7) is 0. The summed E-state index contributed by atoms with van der Waals surface area (Å²) < 4.78 is 51.8. The molecule has 28 heavy (non-hydrogen) atoms. The van der Waals surface area contributed by atoms with E-state index in [1.54, 1.807) is 12.1 Å². The predicted molar refractivity (Wildman–Crippen MR) is 105 cm³/mol. The van der Waals surface area contributed by atoms with Crippen molar-refractivity contribution in [2.45, 2.75) is 17.7 Å². The van der Waals surface area contributed by atoms with Gasteiger partial charge in [0.25, 0.3) is 5.91 Å². The maximum absolute atomic E-state index is 14.4. The van der Waals surface area contributed by atoms with Gasteiger partial charge in [-0.05, 0) is 17.7 Å².